The van der Waals surface area contributed by atoms with Crippen LogP contribution < -0.4 is 14.9 Å². The van der Waals surface area contributed by atoms with Crippen molar-refractivity contribution in [2.24, 2.45) is 4.99 Å². The quantitative estimate of drug-likeness (QED) is 0.236. The molecule has 3 heterocycles. The van der Waals surface area contributed by atoms with Gasteiger partial charge in [0.1, 0.15) is 0 Å². The van der Waals surface area contributed by atoms with Crippen LogP contribution in [0.1, 0.15) is 63.3 Å². The number of nitrogens with zero attached hydrogens (tertiary/aromatic N) is 3. The second-order valence-corrected chi connectivity index (χ2v) is 11.7. The molecular weight excluding hydrogens is 530 g/mol. The lowest BCUT2D eigenvalue weighted by molar-refractivity contribution is -0.139. The molecule has 1 aliphatic rings. The van der Waals surface area contributed by atoms with Crippen LogP contribution >= 0.6 is 11.3 Å². The van der Waals surface area contributed by atoms with Crippen LogP contribution in [0.4, 0.5) is 0 Å². The number of fused-ring (bicyclic) bond motifs is 4. The van der Waals surface area contributed by atoms with Crippen LogP contribution in [-0.2, 0) is 16.1 Å². The normalized spacial score (nSPS) is 15.6. The fourth-order valence-electron chi connectivity index (χ4n) is 5.82. The molecule has 208 valence electrons. The molecule has 0 radical (unpaired) electrons. The topological polar surface area (TPSA) is 65.6 Å². The van der Waals surface area contributed by atoms with Crippen LogP contribution in [0.15, 0.2) is 87.8 Å². The van der Waals surface area contributed by atoms with Crippen LogP contribution in [0.25, 0.3) is 27.9 Å². The molecule has 7 heteroatoms. The molecule has 6 nitrogen and oxygen atoms in total. The number of allylic oxidation sites excluding steroid dienone is 1. The van der Waals surface area contributed by atoms with Crippen molar-refractivity contribution < 1.29 is 9.53 Å². The summed E-state index contributed by atoms with van der Waals surface area (Å²) in [5.41, 5.74) is 6.17. The Labute approximate surface area is 242 Å². The van der Waals surface area contributed by atoms with Crippen molar-refractivity contribution in [1.29, 1.82) is 0 Å². The number of benzene rings is 3. The Morgan fingerprint density at radius 3 is 2.46 bits per heavy atom. The standard InChI is InChI=1S/C34H33N3O3S/c1-6-36-27-11-9-8-10-25(27)26-18-22(12-17-28(26)36)19-29-32(38)37-31(24-15-13-23(14-16-24)20(3)4)30(33(39)40-7-2)21(5)35-34(37)41-29/h8-20,31H,6-7H2,1-5H3. The van der Waals surface area contributed by atoms with E-state index in [-0.39, 0.29) is 12.2 Å². The Kier molecular flexibility index (Phi) is 6.99. The number of hydrogen-bond donors (Lipinski definition) is 0. The van der Waals surface area contributed by atoms with Crippen LogP contribution in [0.5, 0.6) is 0 Å². The molecule has 1 unspecified atom stereocenters. The maximum absolute atomic E-state index is 14.0. The number of hydrogen-bond acceptors (Lipinski definition) is 5. The monoisotopic (exact) mass is 563 g/mol. The fourth-order valence-corrected chi connectivity index (χ4v) is 6.87. The van der Waals surface area contributed by atoms with Gasteiger partial charge in [-0.1, -0.05) is 73.7 Å². The van der Waals surface area contributed by atoms with Crippen LogP contribution in [0.2, 0.25) is 0 Å². The van der Waals surface area contributed by atoms with E-state index in [1.165, 1.54) is 33.3 Å². The minimum atomic E-state index is -0.612. The lowest BCUT2D eigenvalue weighted by atomic mass is 9.93. The molecule has 6 rings (SSSR count). The average Bonchev–Trinajstić information content (AvgIpc) is 3.45. The first kappa shape index (κ1) is 27.0. The van der Waals surface area contributed by atoms with Crippen molar-refractivity contribution in [3.05, 3.63) is 114 Å². The second kappa shape index (κ2) is 10.6. The van der Waals surface area contributed by atoms with Gasteiger partial charge in [-0.2, -0.15) is 0 Å². The summed E-state index contributed by atoms with van der Waals surface area (Å²) < 4.78 is 9.97. The molecule has 1 atom stereocenters. The molecular formula is C34H33N3O3S. The Bertz CT molecular complexity index is 2020. The third kappa shape index (κ3) is 4.54. The Morgan fingerprint density at radius 2 is 1.76 bits per heavy atom. The maximum Gasteiger partial charge on any atom is 0.338 e. The van der Waals surface area contributed by atoms with E-state index in [9.17, 15) is 9.59 Å². The summed E-state index contributed by atoms with van der Waals surface area (Å²) >= 11 is 1.35. The molecule has 1 aliphatic heterocycles. The van der Waals surface area contributed by atoms with Gasteiger partial charge in [-0.25, -0.2) is 9.79 Å². The van der Waals surface area contributed by atoms with Gasteiger partial charge in [0.15, 0.2) is 4.80 Å². The first-order chi connectivity index (χ1) is 19.8. The molecule has 0 saturated carbocycles. The second-order valence-electron chi connectivity index (χ2n) is 10.7. The minimum absolute atomic E-state index is 0.169. The van der Waals surface area contributed by atoms with Gasteiger partial charge in [0.05, 0.1) is 28.5 Å². The highest BCUT2D eigenvalue weighted by Crippen LogP contribution is 2.32. The maximum atomic E-state index is 14.0. The molecule has 41 heavy (non-hydrogen) atoms. The summed E-state index contributed by atoms with van der Waals surface area (Å²) in [5.74, 6) is -0.0738. The van der Waals surface area contributed by atoms with Crippen LogP contribution in [0.3, 0.4) is 0 Å². The van der Waals surface area contributed by atoms with E-state index in [2.05, 4.69) is 79.9 Å². The van der Waals surface area contributed by atoms with E-state index in [0.29, 0.717) is 26.5 Å². The number of esters is 1. The van der Waals surface area contributed by atoms with Gasteiger partial charge in [0.25, 0.3) is 5.56 Å². The minimum Gasteiger partial charge on any atom is -0.463 e. The zero-order valence-electron chi connectivity index (χ0n) is 24.0. The molecule has 0 spiro atoms. The summed E-state index contributed by atoms with van der Waals surface area (Å²) in [6, 6.07) is 22.3. The number of rotatable bonds is 6. The van der Waals surface area contributed by atoms with Crippen molar-refractivity contribution in [3.8, 4) is 0 Å². The fraction of sp³-hybridized carbons (Fsp3) is 0.265. The number of aryl methyl sites for hydroxylation is 1. The van der Waals surface area contributed by atoms with Gasteiger partial charge in [0.2, 0.25) is 0 Å². The van der Waals surface area contributed by atoms with Crippen molar-refractivity contribution in [2.75, 3.05) is 6.61 Å². The number of aromatic nitrogens is 2. The lowest BCUT2D eigenvalue weighted by Gasteiger charge is -2.25. The van der Waals surface area contributed by atoms with Crippen LogP contribution in [-0.4, -0.2) is 21.7 Å². The number of carbonyl (C=O) groups is 1. The summed E-state index contributed by atoms with van der Waals surface area (Å²) in [7, 11) is 0. The van der Waals surface area contributed by atoms with Crippen molar-refractivity contribution >= 4 is 45.2 Å². The molecule has 0 amide bonds. The number of carbonyl (C=O) groups excluding carboxylic acids is 1. The Balaban J connectivity index is 1.53. The van der Waals surface area contributed by atoms with Gasteiger partial charge >= 0.3 is 5.97 Å². The SMILES string of the molecule is CCOC(=O)C1=C(C)N=c2sc(=Cc3ccc4c(c3)c3ccccc3n4CC)c(=O)n2C1c1ccc(C(C)C)cc1. The van der Waals surface area contributed by atoms with Gasteiger partial charge in [0, 0.05) is 28.4 Å². The summed E-state index contributed by atoms with van der Waals surface area (Å²) in [4.78, 5) is 32.5. The summed E-state index contributed by atoms with van der Waals surface area (Å²) in [6.07, 6.45) is 1.93. The zero-order valence-corrected chi connectivity index (χ0v) is 24.8. The van der Waals surface area contributed by atoms with Crippen molar-refractivity contribution in [1.82, 2.24) is 9.13 Å². The third-order valence-electron chi connectivity index (χ3n) is 7.85. The third-order valence-corrected chi connectivity index (χ3v) is 8.83. The van der Waals surface area contributed by atoms with Crippen LogP contribution in [0, 0.1) is 0 Å². The molecule has 2 aromatic heterocycles. The van der Waals surface area contributed by atoms with E-state index in [1.54, 1.807) is 11.5 Å². The summed E-state index contributed by atoms with van der Waals surface area (Å²) in [5, 5.41) is 2.35. The molecule has 0 N–H and O–H groups in total. The van der Waals surface area contributed by atoms with E-state index in [0.717, 1.165) is 23.1 Å². The highest BCUT2D eigenvalue weighted by molar-refractivity contribution is 7.07. The molecule has 0 fully saturated rings. The van der Waals surface area contributed by atoms with E-state index >= 15 is 0 Å². The Hall–Kier alpha value is -4.23. The van der Waals surface area contributed by atoms with Crippen molar-refractivity contribution in [3.63, 3.8) is 0 Å². The van der Waals surface area contributed by atoms with E-state index in [1.807, 2.05) is 25.1 Å². The first-order valence-electron chi connectivity index (χ1n) is 14.1. The van der Waals surface area contributed by atoms with Gasteiger partial charge in [-0.05, 0) is 67.7 Å². The predicted molar refractivity (Wildman–Crippen MR) is 166 cm³/mol. The molecule has 5 aromatic rings. The van der Waals surface area contributed by atoms with E-state index < -0.39 is 12.0 Å². The largest absolute Gasteiger partial charge is 0.463 e. The number of thiazole rings is 1. The smallest absolute Gasteiger partial charge is 0.338 e. The summed E-state index contributed by atoms with van der Waals surface area (Å²) in [6.45, 7) is 11.2. The highest BCUT2D eigenvalue weighted by atomic mass is 32.1. The molecule has 3 aromatic carbocycles. The molecule has 0 saturated heterocycles. The average molecular weight is 564 g/mol. The lowest BCUT2D eigenvalue weighted by Crippen LogP contribution is -2.39. The number of para-hydroxylation sites is 1. The zero-order chi connectivity index (χ0) is 28.8. The first-order valence-corrected chi connectivity index (χ1v) is 14.9. The van der Waals surface area contributed by atoms with Gasteiger partial charge in [-0.15, -0.1) is 0 Å². The molecule has 0 aliphatic carbocycles. The predicted octanol–water partition coefficient (Wildman–Crippen LogP) is 6.05. The molecule has 0 bridgehead atoms. The van der Waals surface area contributed by atoms with Crippen molar-refractivity contribution in [2.45, 2.75) is 53.1 Å². The van der Waals surface area contributed by atoms with Gasteiger partial charge < -0.3 is 9.30 Å². The Morgan fingerprint density at radius 1 is 1.02 bits per heavy atom. The van der Waals surface area contributed by atoms with Gasteiger partial charge in [-0.3, -0.25) is 9.36 Å². The van der Waals surface area contributed by atoms with E-state index in [4.69, 9.17) is 9.73 Å². The number of ether oxygens (including phenoxy) is 1. The highest BCUT2D eigenvalue weighted by Gasteiger charge is 2.33.